The monoisotopic (exact) mass is 297 g/mol. The quantitative estimate of drug-likeness (QED) is 0.900. The van der Waals surface area contributed by atoms with E-state index in [1.807, 2.05) is 0 Å². The van der Waals surface area contributed by atoms with Crippen LogP contribution in [0.1, 0.15) is 16.1 Å². The Morgan fingerprint density at radius 2 is 1.90 bits per heavy atom. The summed E-state index contributed by atoms with van der Waals surface area (Å²) in [5, 5.41) is 4.17. The summed E-state index contributed by atoms with van der Waals surface area (Å²) in [5.41, 5.74) is 5.28. The van der Waals surface area contributed by atoms with Crippen LogP contribution in [0.3, 0.4) is 0 Å². The summed E-state index contributed by atoms with van der Waals surface area (Å²) in [5.74, 6) is -2.92. The zero-order chi connectivity index (χ0) is 14.7. The first kappa shape index (κ1) is 14.1. The van der Waals surface area contributed by atoms with Gasteiger partial charge in [0, 0.05) is 17.0 Å². The molecule has 104 valence electrons. The van der Waals surface area contributed by atoms with Gasteiger partial charge in [-0.15, -0.1) is 11.3 Å². The average molecular weight is 297 g/mol. The summed E-state index contributed by atoms with van der Waals surface area (Å²) in [6, 6.07) is 2.50. The molecule has 1 heterocycles. The SMILES string of the molecule is NC(=O)Cc1csc(NC(=O)c2cc(F)cc(F)c2)n1. The van der Waals surface area contributed by atoms with Gasteiger partial charge >= 0.3 is 0 Å². The molecule has 8 heteroatoms. The van der Waals surface area contributed by atoms with Gasteiger partial charge in [-0.1, -0.05) is 0 Å². The van der Waals surface area contributed by atoms with Crippen molar-refractivity contribution in [3.05, 3.63) is 46.5 Å². The Hall–Kier alpha value is -2.35. The first-order valence-electron chi connectivity index (χ1n) is 5.44. The lowest BCUT2D eigenvalue weighted by Crippen LogP contribution is -2.14. The largest absolute Gasteiger partial charge is 0.369 e. The van der Waals surface area contributed by atoms with E-state index in [2.05, 4.69) is 10.3 Å². The molecule has 2 rings (SSSR count). The molecular weight excluding hydrogens is 288 g/mol. The summed E-state index contributed by atoms with van der Waals surface area (Å²) >= 11 is 1.08. The summed E-state index contributed by atoms with van der Waals surface area (Å²) in [6.45, 7) is 0. The standard InChI is InChI=1S/C12H9F2N3O2S/c13-7-1-6(2-8(14)3-7)11(19)17-12-16-9(5-20-12)4-10(15)18/h1-3,5H,4H2,(H2,15,18)(H,16,17,19). The number of nitrogens with one attached hydrogen (secondary N) is 1. The number of hydrogen-bond acceptors (Lipinski definition) is 4. The minimum atomic E-state index is -0.844. The van der Waals surface area contributed by atoms with Crippen LogP contribution in [0.25, 0.3) is 0 Å². The Kier molecular flexibility index (Phi) is 4.04. The fraction of sp³-hybridized carbons (Fsp3) is 0.0833. The molecule has 1 aromatic carbocycles. The van der Waals surface area contributed by atoms with Crippen molar-refractivity contribution < 1.29 is 18.4 Å². The number of amides is 2. The van der Waals surface area contributed by atoms with Gasteiger partial charge in [-0.3, -0.25) is 14.9 Å². The normalized spacial score (nSPS) is 10.3. The molecule has 2 aromatic rings. The van der Waals surface area contributed by atoms with Gasteiger partial charge < -0.3 is 5.73 Å². The van der Waals surface area contributed by atoms with E-state index in [9.17, 15) is 18.4 Å². The van der Waals surface area contributed by atoms with Gasteiger partial charge in [0.2, 0.25) is 5.91 Å². The third-order valence-electron chi connectivity index (χ3n) is 2.25. The Bertz CT molecular complexity index is 652. The molecule has 5 nitrogen and oxygen atoms in total. The molecule has 0 spiro atoms. The van der Waals surface area contributed by atoms with Crippen molar-refractivity contribution in [1.82, 2.24) is 4.98 Å². The number of primary amides is 1. The maximum absolute atomic E-state index is 13.0. The molecule has 20 heavy (non-hydrogen) atoms. The summed E-state index contributed by atoms with van der Waals surface area (Å²) in [7, 11) is 0. The van der Waals surface area contributed by atoms with E-state index in [0.717, 1.165) is 23.5 Å². The lowest BCUT2D eigenvalue weighted by Gasteiger charge is -2.02. The number of hydrogen-bond donors (Lipinski definition) is 2. The minimum Gasteiger partial charge on any atom is -0.369 e. The van der Waals surface area contributed by atoms with Crippen LogP contribution in [-0.4, -0.2) is 16.8 Å². The Balaban J connectivity index is 2.11. The minimum absolute atomic E-state index is 0.0407. The Morgan fingerprint density at radius 1 is 1.25 bits per heavy atom. The fourth-order valence-electron chi connectivity index (χ4n) is 1.48. The van der Waals surface area contributed by atoms with Crippen LogP contribution in [0.5, 0.6) is 0 Å². The van der Waals surface area contributed by atoms with Crippen LogP contribution in [0.4, 0.5) is 13.9 Å². The van der Waals surface area contributed by atoms with E-state index in [0.29, 0.717) is 11.8 Å². The predicted molar refractivity (Wildman–Crippen MR) is 69.3 cm³/mol. The zero-order valence-electron chi connectivity index (χ0n) is 10.0. The number of aromatic nitrogens is 1. The Morgan fingerprint density at radius 3 is 2.50 bits per heavy atom. The fourth-order valence-corrected chi connectivity index (χ4v) is 2.18. The number of carbonyl (C=O) groups is 2. The topological polar surface area (TPSA) is 85.1 Å². The van der Waals surface area contributed by atoms with E-state index < -0.39 is 23.4 Å². The van der Waals surface area contributed by atoms with Crippen LogP contribution in [0.2, 0.25) is 0 Å². The van der Waals surface area contributed by atoms with Crippen LogP contribution in [0, 0.1) is 11.6 Å². The van der Waals surface area contributed by atoms with Crippen molar-refractivity contribution in [3.8, 4) is 0 Å². The lowest BCUT2D eigenvalue weighted by molar-refractivity contribution is -0.117. The number of anilines is 1. The highest BCUT2D eigenvalue weighted by Gasteiger charge is 2.12. The second kappa shape index (κ2) is 5.74. The highest BCUT2D eigenvalue weighted by molar-refractivity contribution is 7.14. The number of halogens is 2. The molecule has 0 saturated heterocycles. The zero-order valence-corrected chi connectivity index (χ0v) is 10.8. The molecule has 0 atom stereocenters. The highest BCUT2D eigenvalue weighted by Crippen LogP contribution is 2.17. The third-order valence-corrected chi connectivity index (χ3v) is 3.06. The van der Waals surface area contributed by atoms with Gasteiger partial charge in [0.15, 0.2) is 5.13 Å². The van der Waals surface area contributed by atoms with Crippen molar-refractivity contribution >= 4 is 28.3 Å². The van der Waals surface area contributed by atoms with E-state index in [4.69, 9.17) is 5.73 Å². The molecule has 3 N–H and O–H groups in total. The molecule has 0 fully saturated rings. The molecule has 0 saturated carbocycles. The van der Waals surface area contributed by atoms with E-state index in [-0.39, 0.29) is 17.1 Å². The van der Waals surface area contributed by atoms with Gasteiger partial charge in [0.1, 0.15) is 11.6 Å². The summed E-state index contributed by atoms with van der Waals surface area (Å²) in [4.78, 5) is 26.5. The average Bonchev–Trinajstić information content (AvgIpc) is 2.74. The molecular formula is C12H9F2N3O2S. The molecule has 0 radical (unpaired) electrons. The van der Waals surface area contributed by atoms with Gasteiger partial charge in [0.05, 0.1) is 12.1 Å². The van der Waals surface area contributed by atoms with Crippen LogP contribution in [0.15, 0.2) is 23.6 Å². The smallest absolute Gasteiger partial charge is 0.257 e. The number of rotatable bonds is 4. The first-order valence-corrected chi connectivity index (χ1v) is 6.32. The van der Waals surface area contributed by atoms with Crippen LogP contribution >= 0.6 is 11.3 Å². The molecule has 2 amide bonds. The van der Waals surface area contributed by atoms with Gasteiger partial charge in [-0.05, 0) is 12.1 Å². The van der Waals surface area contributed by atoms with E-state index in [1.165, 1.54) is 0 Å². The molecule has 0 aliphatic rings. The van der Waals surface area contributed by atoms with Crippen LogP contribution < -0.4 is 11.1 Å². The van der Waals surface area contributed by atoms with Crippen molar-refractivity contribution in [2.24, 2.45) is 5.73 Å². The second-order valence-corrected chi connectivity index (χ2v) is 4.76. The summed E-state index contributed by atoms with van der Waals surface area (Å²) in [6.07, 6.45) is -0.0407. The Labute approximate surface area is 116 Å². The second-order valence-electron chi connectivity index (χ2n) is 3.90. The maximum Gasteiger partial charge on any atom is 0.257 e. The maximum atomic E-state index is 13.0. The van der Waals surface area contributed by atoms with Crippen LogP contribution in [-0.2, 0) is 11.2 Å². The van der Waals surface area contributed by atoms with Crippen molar-refractivity contribution in [1.29, 1.82) is 0 Å². The van der Waals surface area contributed by atoms with Gasteiger partial charge in [0.25, 0.3) is 5.91 Å². The number of nitrogens with zero attached hydrogens (tertiary/aromatic N) is 1. The number of carbonyl (C=O) groups excluding carboxylic acids is 2. The molecule has 0 unspecified atom stereocenters. The highest BCUT2D eigenvalue weighted by atomic mass is 32.1. The van der Waals surface area contributed by atoms with Gasteiger partial charge in [-0.25, -0.2) is 13.8 Å². The van der Waals surface area contributed by atoms with Crippen molar-refractivity contribution in [2.45, 2.75) is 6.42 Å². The molecule has 1 aromatic heterocycles. The predicted octanol–water partition coefficient (Wildman–Crippen LogP) is 1.70. The number of thiazole rings is 1. The first-order chi connectivity index (χ1) is 9.44. The molecule has 0 aliphatic heterocycles. The molecule has 0 bridgehead atoms. The number of benzene rings is 1. The van der Waals surface area contributed by atoms with E-state index >= 15 is 0 Å². The molecule has 0 aliphatic carbocycles. The number of nitrogens with two attached hydrogens (primary N) is 1. The van der Waals surface area contributed by atoms with Gasteiger partial charge in [-0.2, -0.15) is 0 Å². The lowest BCUT2D eigenvalue weighted by atomic mass is 10.2. The van der Waals surface area contributed by atoms with Crippen molar-refractivity contribution in [2.75, 3.05) is 5.32 Å². The third kappa shape index (κ3) is 3.58. The summed E-state index contributed by atoms with van der Waals surface area (Å²) < 4.78 is 26.0. The van der Waals surface area contributed by atoms with E-state index in [1.54, 1.807) is 5.38 Å². The van der Waals surface area contributed by atoms with Crippen molar-refractivity contribution in [3.63, 3.8) is 0 Å².